The van der Waals surface area contributed by atoms with Crippen molar-refractivity contribution in [3.8, 4) is 5.69 Å². The number of carbonyl (C=O) groups excluding carboxylic acids is 1. The Morgan fingerprint density at radius 2 is 1.91 bits per heavy atom. The van der Waals surface area contributed by atoms with E-state index >= 15 is 0 Å². The average molecular weight is 483 g/mol. The minimum atomic E-state index is -0.429. The van der Waals surface area contributed by atoms with Gasteiger partial charge in [-0.25, -0.2) is 4.39 Å². The van der Waals surface area contributed by atoms with Crippen molar-refractivity contribution < 1.29 is 18.7 Å². The number of ether oxygens (including phenoxy) is 2. The second-order valence-corrected chi connectivity index (χ2v) is 9.49. The first kappa shape index (κ1) is 25.3. The van der Waals surface area contributed by atoms with Crippen molar-refractivity contribution in [2.45, 2.75) is 44.9 Å². The zero-order valence-corrected chi connectivity index (χ0v) is 21.2. The molecule has 7 nitrogen and oxygen atoms in total. The Hall–Kier alpha value is -2.81. The Bertz CT molecular complexity index is 1170. The van der Waals surface area contributed by atoms with Crippen LogP contribution >= 0.6 is 0 Å². The third-order valence-corrected chi connectivity index (χ3v) is 7.14. The van der Waals surface area contributed by atoms with E-state index in [4.69, 9.17) is 9.47 Å². The standard InChI is InChI=1S/C27H35FN4O3/c1-18(2)30(3)27(33)22-14-20(28)6-7-24(22)32-16-23(21-8-11-29-15-25(21)32)19-9-12-31(13-10-19)17-26(34-4)35-5/h6-8,11,14-16,18-19,26H,9-10,12-13,17H2,1-5H3. The molecular weight excluding hydrogens is 447 g/mol. The molecule has 4 rings (SSSR count). The van der Waals surface area contributed by atoms with Crippen LogP contribution in [0, 0.1) is 5.82 Å². The fraction of sp³-hybridized carbons (Fsp3) is 0.481. The van der Waals surface area contributed by atoms with Crippen molar-refractivity contribution in [1.82, 2.24) is 19.4 Å². The monoisotopic (exact) mass is 482 g/mol. The first-order valence-corrected chi connectivity index (χ1v) is 12.1. The van der Waals surface area contributed by atoms with Crippen LogP contribution in [-0.4, -0.2) is 78.5 Å². The number of hydrogen-bond donors (Lipinski definition) is 0. The second-order valence-electron chi connectivity index (χ2n) is 9.49. The number of likely N-dealkylation sites (tertiary alicyclic amines) is 1. The highest BCUT2D eigenvalue weighted by Gasteiger charge is 2.27. The van der Waals surface area contributed by atoms with E-state index in [1.54, 1.807) is 38.4 Å². The lowest BCUT2D eigenvalue weighted by molar-refractivity contribution is -0.118. The summed E-state index contributed by atoms with van der Waals surface area (Å²) < 4.78 is 27.0. The van der Waals surface area contributed by atoms with Crippen molar-refractivity contribution in [1.29, 1.82) is 0 Å². The van der Waals surface area contributed by atoms with Gasteiger partial charge in [-0.2, -0.15) is 0 Å². The molecular formula is C27H35FN4O3. The summed E-state index contributed by atoms with van der Waals surface area (Å²) in [5.41, 5.74) is 3.15. The summed E-state index contributed by atoms with van der Waals surface area (Å²) in [5.74, 6) is -0.262. The largest absolute Gasteiger partial charge is 0.355 e. The van der Waals surface area contributed by atoms with E-state index < -0.39 is 5.82 Å². The Labute approximate surface area is 206 Å². The van der Waals surface area contributed by atoms with E-state index in [0.29, 0.717) is 17.2 Å². The van der Waals surface area contributed by atoms with Crippen LogP contribution in [0.1, 0.15) is 48.5 Å². The van der Waals surface area contributed by atoms with Crippen LogP contribution in [0.5, 0.6) is 0 Å². The van der Waals surface area contributed by atoms with Crippen molar-refractivity contribution >= 4 is 16.8 Å². The number of carbonyl (C=O) groups is 1. The van der Waals surface area contributed by atoms with E-state index in [1.165, 1.54) is 17.7 Å². The van der Waals surface area contributed by atoms with Gasteiger partial charge in [-0.1, -0.05) is 0 Å². The molecule has 1 fully saturated rings. The molecule has 1 aromatic carbocycles. The van der Waals surface area contributed by atoms with Crippen molar-refractivity contribution in [2.24, 2.45) is 0 Å². The van der Waals surface area contributed by atoms with Crippen LogP contribution in [0.4, 0.5) is 4.39 Å². The summed E-state index contributed by atoms with van der Waals surface area (Å²) in [6, 6.07) is 6.46. The highest BCUT2D eigenvalue weighted by molar-refractivity contribution is 5.99. The topological polar surface area (TPSA) is 59.8 Å². The summed E-state index contributed by atoms with van der Waals surface area (Å²) in [7, 11) is 5.07. The predicted octanol–water partition coefficient (Wildman–Crippen LogP) is 4.44. The number of nitrogens with zero attached hydrogens (tertiary/aromatic N) is 4. The summed E-state index contributed by atoms with van der Waals surface area (Å²) in [6.45, 7) is 6.53. The lowest BCUT2D eigenvalue weighted by Gasteiger charge is -2.33. The van der Waals surface area contributed by atoms with E-state index in [1.807, 2.05) is 30.7 Å². The lowest BCUT2D eigenvalue weighted by Crippen LogP contribution is -2.39. The number of rotatable bonds is 8. The Morgan fingerprint density at radius 1 is 1.20 bits per heavy atom. The molecule has 0 bridgehead atoms. The molecule has 0 unspecified atom stereocenters. The molecule has 1 aliphatic rings. The van der Waals surface area contributed by atoms with Gasteiger partial charge in [-0.15, -0.1) is 0 Å². The molecule has 8 heteroatoms. The molecule has 188 valence electrons. The SMILES string of the molecule is COC(CN1CCC(c2cn(-c3ccc(F)cc3C(=O)N(C)C(C)C)c3cnccc23)CC1)OC. The quantitative estimate of drug-likeness (QED) is 0.444. The predicted molar refractivity (Wildman–Crippen MR) is 134 cm³/mol. The van der Waals surface area contributed by atoms with Gasteiger partial charge in [0.1, 0.15) is 5.82 Å². The molecule has 35 heavy (non-hydrogen) atoms. The van der Waals surface area contributed by atoms with Gasteiger partial charge >= 0.3 is 0 Å². The van der Waals surface area contributed by atoms with E-state index in [2.05, 4.69) is 16.1 Å². The maximum atomic E-state index is 14.3. The van der Waals surface area contributed by atoms with Crippen LogP contribution in [0.3, 0.4) is 0 Å². The first-order chi connectivity index (χ1) is 16.8. The summed E-state index contributed by atoms with van der Waals surface area (Å²) in [5, 5.41) is 1.12. The number of fused-ring (bicyclic) bond motifs is 1. The molecule has 0 saturated carbocycles. The molecule has 0 atom stereocenters. The number of amides is 1. The van der Waals surface area contributed by atoms with Crippen molar-refractivity contribution in [2.75, 3.05) is 40.9 Å². The van der Waals surface area contributed by atoms with E-state index in [-0.39, 0.29) is 18.2 Å². The average Bonchev–Trinajstić information content (AvgIpc) is 3.26. The van der Waals surface area contributed by atoms with E-state index in [9.17, 15) is 9.18 Å². The Morgan fingerprint density at radius 3 is 2.57 bits per heavy atom. The first-order valence-electron chi connectivity index (χ1n) is 12.1. The van der Waals surface area contributed by atoms with Gasteiger partial charge in [0.2, 0.25) is 0 Å². The van der Waals surface area contributed by atoms with Gasteiger partial charge in [0.15, 0.2) is 6.29 Å². The summed E-state index contributed by atoms with van der Waals surface area (Å²) >= 11 is 0. The minimum absolute atomic E-state index is 0.00162. The molecule has 0 N–H and O–H groups in total. The number of aromatic nitrogens is 2. The molecule has 0 aliphatic carbocycles. The van der Waals surface area contributed by atoms with Crippen molar-refractivity contribution in [3.05, 3.63) is 59.8 Å². The van der Waals surface area contributed by atoms with Gasteiger partial charge in [-0.3, -0.25) is 14.7 Å². The number of hydrogen-bond acceptors (Lipinski definition) is 5. The van der Waals surface area contributed by atoms with Gasteiger partial charge in [0.05, 0.1) is 23.0 Å². The normalized spacial score (nSPS) is 15.4. The van der Waals surface area contributed by atoms with Gasteiger partial charge in [0, 0.05) is 51.6 Å². The molecule has 1 saturated heterocycles. The number of halogens is 1. The van der Waals surface area contributed by atoms with Crippen LogP contribution < -0.4 is 0 Å². The van der Waals surface area contributed by atoms with Crippen LogP contribution in [0.15, 0.2) is 42.9 Å². The van der Waals surface area contributed by atoms with Crippen LogP contribution in [0.2, 0.25) is 0 Å². The summed E-state index contributed by atoms with van der Waals surface area (Å²) in [6.07, 6.45) is 7.52. The molecule has 0 spiro atoms. The highest BCUT2D eigenvalue weighted by Crippen LogP contribution is 2.36. The fourth-order valence-corrected chi connectivity index (χ4v) is 4.82. The Kier molecular flexibility index (Phi) is 7.84. The lowest BCUT2D eigenvalue weighted by atomic mass is 9.89. The molecule has 3 heterocycles. The van der Waals surface area contributed by atoms with Crippen LogP contribution in [0.25, 0.3) is 16.6 Å². The molecule has 2 aromatic heterocycles. The van der Waals surface area contributed by atoms with Gasteiger partial charge < -0.3 is 18.9 Å². The van der Waals surface area contributed by atoms with Crippen molar-refractivity contribution in [3.63, 3.8) is 0 Å². The zero-order valence-electron chi connectivity index (χ0n) is 21.2. The number of pyridine rings is 1. The number of piperidine rings is 1. The number of methoxy groups -OCH3 is 2. The van der Waals surface area contributed by atoms with Crippen LogP contribution in [-0.2, 0) is 9.47 Å². The molecule has 0 radical (unpaired) electrons. The highest BCUT2D eigenvalue weighted by atomic mass is 19.1. The Balaban J connectivity index is 1.69. The maximum absolute atomic E-state index is 14.3. The third-order valence-electron chi connectivity index (χ3n) is 7.14. The molecule has 3 aromatic rings. The zero-order chi connectivity index (χ0) is 25.1. The van der Waals surface area contributed by atoms with Gasteiger partial charge in [-0.05, 0) is 75.5 Å². The van der Waals surface area contributed by atoms with E-state index in [0.717, 1.165) is 43.4 Å². The fourth-order valence-electron chi connectivity index (χ4n) is 4.82. The second kappa shape index (κ2) is 10.8. The maximum Gasteiger partial charge on any atom is 0.256 e. The third kappa shape index (κ3) is 5.24. The number of benzene rings is 1. The summed E-state index contributed by atoms with van der Waals surface area (Å²) in [4.78, 5) is 21.6. The minimum Gasteiger partial charge on any atom is -0.355 e. The molecule has 1 aliphatic heterocycles. The molecule has 1 amide bonds. The van der Waals surface area contributed by atoms with Gasteiger partial charge in [0.25, 0.3) is 5.91 Å². The smallest absolute Gasteiger partial charge is 0.256 e.